The summed E-state index contributed by atoms with van der Waals surface area (Å²) < 4.78 is 30.3. The number of hydrogen-bond acceptors (Lipinski definition) is 6. The van der Waals surface area contributed by atoms with Crippen molar-refractivity contribution < 1.29 is 17.4 Å². The van der Waals surface area contributed by atoms with Crippen molar-refractivity contribution in [3.8, 4) is 5.75 Å². The monoisotopic (exact) mass is 456 g/mol. The van der Waals surface area contributed by atoms with Crippen molar-refractivity contribution in [1.29, 1.82) is 0 Å². The Morgan fingerprint density at radius 3 is 1.94 bits per heavy atom. The van der Waals surface area contributed by atoms with Crippen LogP contribution in [0.3, 0.4) is 0 Å². The van der Waals surface area contributed by atoms with Gasteiger partial charge in [0.25, 0.3) is 0 Å². The van der Waals surface area contributed by atoms with Crippen LogP contribution >= 0.6 is 11.6 Å². The second-order valence-corrected chi connectivity index (χ2v) is 8.50. The third kappa shape index (κ3) is 4.27. The van der Waals surface area contributed by atoms with Gasteiger partial charge in [0.1, 0.15) is 10.6 Å². The van der Waals surface area contributed by atoms with Crippen LogP contribution in [0.4, 0.5) is 0 Å². The summed E-state index contributed by atoms with van der Waals surface area (Å²) in [7, 11) is -4.23. The van der Waals surface area contributed by atoms with Gasteiger partial charge in [-0.2, -0.15) is 8.42 Å². The van der Waals surface area contributed by atoms with Crippen LogP contribution in [0.1, 0.15) is 15.9 Å². The number of fused-ring (bicyclic) bond motifs is 1. The summed E-state index contributed by atoms with van der Waals surface area (Å²) in [6, 6.07) is 15.8. The first-order valence-corrected chi connectivity index (χ1v) is 10.6. The Bertz CT molecular complexity index is 1520. The molecule has 0 saturated carbocycles. The number of aromatic nitrogens is 2. The van der Waals surface area contributed by atoms with Gasteiger partial charge in [0.05, 0.1) is 11.0 Å². The van der Waals surface area contributed by atoms with E-state index in [2.05, 4.69) is 9.97 Å². The topological polar surface area (TPSA) is 126 Å². The summed E-state index contributed by atoms with van der Waals surface area (Å²) in [6.45, 7) is 0. The number of carbonyl (C=O) groups excluding carboxylic acids is 1. The minimum Gasteiger partial charge on any atom is -0.379 e. The highest BCUT2D eigenvalue weighted by Gasteiger charge is 2.18. The predicted octanol–water partition coefficient (Wildman–Crippen LogP) is 2.87. The number of carbonyl (C=O) groups is 1. The Morgan fingerprint density at radius 2 is 1.32 bits per heavy atom. The molecule has 1 heterocycles. The van der Waals surface area contributed by atoms with Gasteiger partial charge in [-0.1, -0.05) is 11.6 Å². The molecule has 0 aliphatic heterocycles. The molecule has 0 saturated heterocycles. The fourth-order valence-electron chi connectivity index (χ4n) is 2.85. The average molecular weight is 457 g/mol. The number of hydrogen-bond donors (Lipinski definition) is 2. The lowest BCUT2D eigenvalue weighted by Gasteiger charge is -2.08. The zero-order valence-electron chi connectivity index (χ0n) is 15.6. The smallest absolute Gasteiger partial charge is 0.339 e. The standard InChI is InChI=1S/C21H13ClN2O6S/c22-14-5-1-12(2-6-14)19(25)13-3-7-15(8-4-13)30-31(28,29)16-9-10-17-18(11-16)24-21(27)20(26)23-17/h1-11H,(H,23,26)(H,24,27). The van der Waals surface area contributed by atoms with Gasteiger partial charge >= 0.3 is 21.2 Å². The lowest BCUT2D eigenvalue weighted by Crippen LogP contribution is -2.29. The Balaban J connectivity index is 1.58. The fourth-order valence-corrected chi connectivity index (χ4v) is 3.94. The Labute approximate surface area is 180 Å². The highest BCUT2D eigenvalue weighted by Crippen LogP contribution is 2.22. The molecule has 2 N–H and O–H groups in total. The first kappa shape index (κ1) is 20.6. The van der Waals surface area contributed by atoms with Crippen molar-refractivity contribution in [2.75, 3.05) is 0 Å². The van der Waals surface area contributed by atoms with Crippen molar-refractivity contribution in [2.45, 2.75) is 4.90 Å². The molecular weight excluding hydrogens is 444 g/mol. The SMILES string of the molecule is O=C(c1ccc(Cl)cc1)c1ccc(OS(=O)(=O)c2ccc3[nH]c(=O)c(=O)[nH]c3c2)cc1. The molecule has 4 rings (SSSR count). The molecule has 0 atom stereocenters. The van der Waals surface area contributed by atoms with Gasteiger partial charge in [-0.15, -0.1) is 0 Å². The molecule has 0 aliphatic carbocycles. The number of ketones is 1. The van der Waals surface area contributed by atoms with Crippen molar-refractivity contribution >= 4 is 38.5 Å². The van der Waals surface area contributed by atoms with Crippen molar-refractivity contribution in [3.05, 3.63) is 104 Å². The van der Waals surface area contributed by atoms with Crippen molar-refractivity contribution in [3.63, 3.8) is 0 Å². The highest BCUT2D eigenvalue weighted by molar-refractivity contribution is 7.87. The first-order valence-electron chi connectivity index (χ1n) is 8.84. The van der Waals surface area contributed by atoms with Crippen LogP contribution in [0.15, 0.2) is 81.2 Å². The lowest BCUT2D eigenvalue weighted by atomic mass is 10.0. The van der Waals surface area contributed by atoms with E-state index in [4.69, 9.17) is 15.8 Å². The number of aromatic amines is 2. The maximum atomic E-state index is 12.6. The quantitative estimate of drug-likeness (QED) is 0.270. The van der Waals surface area contributed by atoms with Gasteiger partial charge in [-0.3, -0.25) is 14.4 Å². The van der Waals surface area contributed by atoms with E-state index < -0.39 is 21.2 Å². The second kappa shape index (κ2) is 7.86. The van der Waals surface area contributed by atoms with E-state index in [1.54, 1.807) is 24.3 Å². The van der Waals surface area contributed by atoms with E-state index in [1.165, 1.54) is 42.5 Å². The molecule has 0 fully saturated rings. The minimum absolute atomic E-state index is 0.00251. The number of halogens is 1. The van der Waals surface area contributed by atoms with Gasteiger partial charge in [0.2, 0.25) is 0 Å². The van der Waals surface area contributed by atoms with Crippen LogP contribution in [-0.4, -0.2) is 24.2 Å². The molecule has 0 unspecified atom stereocenters. The molecule has 0 spiro atoms. The molecular formula is C21H13ClN2O6S. The number of H-pyrrole nitrogens is 2. The number of benzene rings is 3. The highest BCUT2D eigenvalue weighted by atomic mass is 35.5. The summed E-state index contributed by atoms with van der Waals surface area (Å²) in [5.41, 5.74) is -0.545. The summed E-state index contributed by atoms with van der Waals surface area (Å²) in [4.78, 5) is 39.8. The minimum atomic E-state index is -4.23. The average Bonchev–Trinajstić information content (AvgIpc) is 2.74. The molecule has 0 aliphatic rings. The van der Waals surface area contributed by atoms with Crippen LogP contribution in [0.5, 0.6) is 5.75 Å². The number of rotatable bonds is 5. The number of nitrogens with one attached hydrogen (secondary N) is 2. The van der Waals surface area contributed by atoms with Gasteiger partial charge < -0.3 is 14.2 Å². The van der Waals surface area contributed by atoms with Crippen molar-refractivity contribution in [1.82, 2.24) is 9.97 Å². The summed E-state index contributed by atoms with van der Waals surface area (Å²) in [5.74, 6) is -0.249. The van der Waals surface area contributed by atoms with Gasteiger partial charge in [0.15, 0.2) is 5.78 Å². The summed E-state index contributed by atoms with van der Waals surface area (Å²) >= 11 is 5.82. The third-order valence-electron chi connectivity index (χ3n) is 4.41. The van der Waals surface area contributed by atoms with E-state index in [1.807, 2.05) is 0 Å². The third-order valence-corrected chi connectivity index (χ3v) is 5.91. The Kier molecular flexibility index (Phi) is 5.22. The predicted molar refractivity (Wildman–Crippen MR) is 114 cm³/mol. The fraction of sp³-hybridized carbons (Fsp3) is 0. The van der Waals surface area contributed by atoms with Gasteiger partial charge in [-0.25, -0.2) is 0 Å². The molecule has 0 bridgehead atoms. The van der Waals surface area contributed by atoms with Crippen molar-refractivity contribution in [2.24, 2.45) is 0 Å². The van der Waals surface area contributed by atoms with Gasteiger partial charge in [0, 0.05) is 16.1 Å². The maximum Gasteiger partial charge on any atom is 0.339 e. The van der Waals surface area contributed by atoms with Crippen LogP contribution in [0, 0.1) is 0 Å². The van der Waals surface area contributed by atoms with E-state index in [0.29, 0.717) is 16.1 Å². The Morgan fingerprint density at radius 1 is 0.774 bits per heavy atom. The normalized spacial score (nSPS) is 11.4. The van der Waals surface area contributed by atoms with Crippen LogP contribution in [0.2, 0.25) is 5.02 Å². The molecule has 0 radical (unpaired) electrons. The molecule has 1 aromatic heterocycles. The molecule has 8 nitrogen and oxygen atoms in total. The second-order valence-electron chi connectivity index (χ2n) is 6.51. The largest absolute Gasteiger partial charge is 0.379 e. The van der Waals surface area contributed by atoms with Crippen LogP contribution < -0.4 is 15.3 Å². The summed E-state index contributed by atoms with van der Waals surface area (Å²) in [5, 5.41) is 0.509. The molecule has 10 heteroatoms. The maximum absolute atomic E-state index is 12.6. The van der Waals surface area contributed by atoms with E-state index in [-0.39, 0.29) is 27.5 Å². The van der Waals surface area contributed by atoms with E-state index >= 15 is 0 Å². The van der Waals surface area contributed by atoms with Crippen LogP contribution in [0.25, 0.3) is 11.0 Å². The zero-order chi connectivity index (χ0) is 22.2. The lowest BCUT2D eigenvalue weighted by molar-refractivity contribution is 0.103. The van der Waals surface area contributed by atoms with E-state index in [0.717, 1.165) is 0 Å². The Hall–Kier alpha value is -3.69. The van der Waals surface area contributed by atoms with Crippen LogP contribution in [-0.2, 0) is 10.1 Å². The molecule has 0 amide bonds. The van der Waals surface area contributed by atoms with E-state index in [9.17, 15) is 22.8 Å². The first-order chi connectivity index (χ1) is 14.7. The molecule has 156 valence electrons. The molecule has 3 aromatic carbocycles. The molecule has 4 aromatic rings. The molecule has 31 heavy (non-hydrogen) atoms. The zero-order valence-corrected chi connectivity index (χ0v) is 17.2. The van der Waals surface area contributed by atoms with Gasteiger partial charge in [-0.05, 0) is 66.7 Å². The summed E-state index contributed by atoms with van der Waals surface area (Å²) in [6.07, 6.45) is 0.